The van der Waals surface area contributed by atoms with Crippen LogP contribution in [0.3, 0.4) is 0 Å². The number of phenolic OH excluding ortho intramolecular Hbond substituents is 1. The first-order valence-electron chi connectivity index (χ1n) is 11.2. The molecule has 1 N–H and O–H groups in total. The van der Waals surface area contributed by atoms with Gasteiger partial charge in [0.2, 0.25) is 0 Å². The summed E-state index contributed by atoms with van der Waals surface area (Å²) in [6.07, 6.45) is 6.96. The fourth-order valence-corrected chi connectivity index (χ4v) is 5.09. The van der Waals surface area contributed by atoms with Gasteiger partial charge < -0.3 is 9.84 Å². The van der Waals surface area contributed by atoms with Gasteiger partial charge in [-0.3, -0.25) is 4.90 Å². The number of tetrazole rings is 1. The Hall–Kier alpha value is -2.93. The Morgan fingerprint density at radius 1 is 1.06 bits per heavy atom. The zero-order chi connectivity index (χ0) is 21.2. The van der Waals surface area contributed by atoms with E-state index in [9.17, 15) is 5.11 Å². The molecule has 7 nitrogen and oxygen atoms in total. The van der Waals surface area contributed by atoms with Crippen LogP contribution in [0.4, 0.5) is 0 Å². The van der Waals surface area contributed by atoms with Crippen molar-refractivity contribution in [2.24, 2.45) is 0 Å². The summed E-state index contributed by atoms with van der Waals surface area (Å²) < 4.78 is 7.48. The van der Waals surface area contributed by atoms with E-state index in [0.29, 0.717) is 11.8 Å². The SMILES string of the molecule is COc1cc([C@H](c2nnnn2C2CCCCC2)N2CCc3ccccc3C2)ccc1O. The largest absolute Gasteiger partial charge is 0.504 e. The second-order valence-electron chi connectivity index (χ2n) is 8.60. The van der Waals surface area contributed by atoms with Gasteiger partial charge in [0.05, 0.1) is 19.2 Å². The number of rotatable bonds is 5. The molecule has 2 aromatic carbocycles. The van der Waals surface area contributed by atoms with Gasteiger partial charge in [-0.25, -0.2) is 4.68 Å². The van der Waals surface area contributed by atoms with Crippen LogP contribution in [-0.2, 0) is 13.0 Å². The fourth-order valence-electron chi connectivity index (χ4n) is 5.09. The molecule has 0 bridgehead atoms. The van der Waals surface area contributed by atoms with Crippen LogP contribution >= 0.6 is 0 Å². The minimum Gasteiger partial charge on any atom is -0.504 e. The predicted molar refractivity (Wildman–Crippen MR) is 117 cm³/mol. The standard InChI is InChI=1S/C24H29N5O2/c1-31-22-15-18(11-12-21(22)30)23(28-14-13-17-7-5-6-8-19(17)16-28)24-25-26-27-29(24)20-9-3-2-4-10-20/h5-8,11-12,15,20,23,30H,2-4,9-10,13-14,16H2,1H3/t23-/m1/s1. The highest BCUT2D eigenvalue weighted by Gasteiger charge is 2.33. The number of methoxy groups -OCH3 is 1. The third kappa shape index (κ3) is 3.90. The summed E-state index contributed by atoms with van der Waals surface area (Å²) in [6, 6.07) is 14.5. The van der Waals surface area contributed by atoms with Crippen molar-refractivity contribution >= 4 is 0 Å². The Bertz CT molecular complexity index is 1040. The van der Waals surface area contributed by atoms with Gasteiger partial charge in [-0.05, 0) is 58.5 Å². The third-order valence-electron chi connectivity index (χ3n) is 6.73. The van der Waals surface area contributed by atoms with Gasteiger partial charge in [-0.1, -0.05) is 49.6 Å². The summed E-state index contributed by atoms with van der Waals surface area (Å²) in [4.78, 5) is 2.44. The van der Waals surface area contributed by atoms with E-state index in [1.165, 1.54) is 30.4 Å². The molecule has 0 saturated heterocycles. The van der Waals surface area contributed by atoms with Crippen LogP contribution < -0.4 is 4.74 Å². The molecule has 5 rings (SSSR count). The maximum absolute atomic E-state index is 10.2. The van der Waals surface area contributed by atoms with Crippen molar-refractivity contribution in [1.82, 2.24) is 25.1 Å². The first-order valence-corrected chi connectivity index (χ1v) is 11.2. The Morgan fingerprint density at radius 2 is 1.87 bits per heavy atom. The van der Waals surface area contributed by atoms with E-state index in [2.05, 4.69) is 49.4 Å². The Kier molecular flexibility index (Phi) is 5.59. The van der Waals surface area contributed by atoms with Gasteiger partial charge in [0.15, 0.2) is 17.3 Å². The molecule has 0 unspecified atom stereocenters. The average Bonchev–Trinajstić information content (AvgIpc) is 3.30. The van der Waals surface area contributed by atoms with Crippen molar-refractivity contribution in [2.45, 2.75) is 57.2 Å². The molecule has 0 radical (unpaired) electrons. The summed E-state index contributed by atoms with van der Waals surface area (Å²) in [6.45, 7) is 1.75. The number of aromatic hydroxyl groups is 1. The van der Waals surface area contributed by atoms with E-state index < -0.39 is 0 Å². The predicted octanol–water partition coefficient (Wildman–Crippen LogP) is 4.04. The van der Waals surface area contributed by atoms with Crippen LogP contribution in [0.1, 0.15) is 66.7 Å². The molecule has 1 aromatic heterocycles. The maximum atomic E-state index is 10.2. The first kappa shape index (κ1) is 20.0. The van der Waals surface area contributed by atoms with E-state index in [4.69, 9.17) is 4.74 Å². The van der Waals surface area contributed by atoms with E-state index >= 15 is 0 Å². The molecule has 31 heavy (non-hydrogen) atoms. The monoisotopic (exact) mass is 419 g/mol. The van der Waals surface area contributed by atoms with Crippen molar-refractivity contribution in [3.63, 3.8) is 0 Å². The quantitative estimate of drug-likeness (QED) is 0.673. The van der Waals surface area contributed by atoms with Gasteiger partial charge in [-0.15, -0.1) is 5.10 Å². The number of hydrogen-bond donors (Lipinski definition) is 1. The van der Waals surface area contributed by atoms with E-state index in [0.717, 1.165) is 43.7 Å². The topological polar surface area (TPSA) is 76.3 Å². The van der Waals surface area contributed by atoms with Crippen molar-refractivity contribution < 1.29 is 9.84 Å². The van der Waals surface area contributed by atoms with Crippen LogP contribution in [0, 0.1) is 0 Å². The molecule has 1 atom stereocenters. The van der Waals surface area contributed by atoms with Crippen molar-refractivity contribution in [3.8, 4) is 11.5 Å². The highest BCUT2D eigenvalue weighted by molar-refractivity contribution is 5.44. The molecular weight excluding hydrogens is 390 g/mol. The molecule has 162 valence electrons. The van der Waals surface area contributed by atoms with Crippen LogP contribution in [0.5, 0.6) is 11.5 Å². The molecule has 7 heteroatoms. The average molecular weight is 420 g/mol. The lowest BCUT2D eigenvalue weighted by atomic mass is 9.94. The van der Waals surface area contributed by atoms with Crippen LogP contribution in [0.15, 0.2) is 42.5 Å². The van der Waals surface area contributed by atoms with Gasteiger partial charge in [-0.2, -0.15) is 0 Å². The number of ether oxygens (including phenoxy) is 1. The maximum Gasteiger partial charge on any atom is 0.173 e. The van der Waals surface area contributed by atoms with E-state index in [-0.39, 0.29) is 11.8 Å². The number of aromatic nitrogens is 4. The lowest BCUT2D eigenvalue weighted by Crippen LogP contribution is -2.36. The zero-order valence-corrected chi connectivity index (χ0v) is 17.9. The summed E-state index contributed by atoms with van der Waals surface area (Å²) >= 11 is 0. The first-order chi connectivity index (χ1) is 15.2. The lowest BCUT2D eigenvalue weighted by Gasteiger charge is -2.36. The smallest absolute Gasteiger partial charge is 0.173 e. The zero-order valence-electron chi connectivity index (χ0n) is 17.9. The molecule has 3 aromatic rings. The van der Waals surface area contributed by atoms with Gasteiger partial charge in [0.1, 0.15) is 0 Å². The van der Waals surface area contributed by atoms with Crippen molar-refractivity contribution in [1.29, 1.82) is 0 Å². The molecule has 1 aliphatic heterocycles. The van der Waals surface area contributed by atoms with Crippen molar-refractivity contribution in [2.75, 3.05) is 13.7 Å². The normalized spacial score (nSPS) is 18.5. The van der Waals surface area contributed by atoms with Gasteiger partial charge in [0, 0.05) is 13.1 Å². The molecule has 2 heterocycles. The van der Waals surface area contributed by atoms with Gasteiger partial charge >= 0.3 is 0 Å². The Balaban J connectivity index is 1.57. The molecule has 1 aliphatic carbocycles. The lowest BCUT2D eigenvalue weighted by molar-refractivity contribution is 0.187. The van der Waals surface area contributed by atoms with E-state index in [1.54, 1.807) is 13.2 Å². The van der Waals surface area contributed by atoms with Crippen LogP contribution in [0.2, 0.25) is 0 Å². The highest BCUT2D eigenvalue weighted by Crippen LogP contribution is 2.38. The second kappa shape index (κ2) is 8.67. The molecule has 0 spiro atoms. The van der Waals surface area contributed by atoms with Crippen LogP contribution in [-0.4, -0.2) is 43.9 Å². The van der Waals surface area contributed by atoms with Crippen molar-refractivity contribution in [3.05, 3.63) is 65.0 Å². The molecule has 0 amide bonds. The summed E-state index contributed by atoms with van der Waals surface area (Å²) in [5, 5.41) is 23.2. The number of phenols is 1. The number of benzene rings is 2. The van der Waals surface area contributed by atoms with Crippen LogP contribution in [0.25, 0.3) is 0 Å². The Labute approximate surface area is 182 Å². The van der Waals surface area contributed by atoms with E-state index in [1.807, 2.05) is 12.1 Å². The summed E-state index contributed by atoms with van der Waals surface area (Å²) in [7, 11) is 1.58. The minimum absolute atomic E-state index is 0.111. The molecule has 1 saturated carbocycles. The Morgan fingerprint density at radius 3 is 2.68 bits per heavy atom. The highest BCUT2D eigenvalue weighted by atomic mass is 16.5. The number of hydrogen-bond acceptors (Lipinski definition) is 6. The third-order valence-corrected chi connectivity index (χ3v) is 6.73. The van der Waals surface area contributed by atoms with Gasteiger partial charge in [0.25, 0.3) is 0 Å². The fraction of sp³-hybridized carbons (Fsp3) is 0.458. The second-order valence-corrected chi connectivity index (χ2v) is 8.60. The summed E-state index contributed by atoms with van der Waals surface area (Å²) in [5.41, 5.74) is 3.79. The molecule has 1 fully saturated rings. The molecule has 2 aliphatic rings. The number of fused-ring (bicyclic) bond motifs is 1. The molecular formula is C24H29N5O2. The minimum atomic E-state index is -0.111. The number of nitrogens with zero attached hydrogens (tertiary/aromatic N) is 5. The summed E-state index contributed by atoms with van der Waals surface area (Å²) in [5.74, 6) is 1.48.